The first-order chi connectivity index (χ1) is 11.5. The molecule has 0 aliphatic heterocycles. The van der Waals surface area contributed by atoms with Gasteiger partial charge in [0.2, 0.25) is 0 Å². The van der Waals surface area contributed by atoms with Crippen LogP contribution in [0.15, 0.2) is 48.5 Å². The molecule has 2 aromatic carbocycles. The molecule has 0 atom stereocenters. The zero-order valence-electron chi connectivity index (χ0n) is 12.3. The lowest BCUT2D eigenvalue weighted by Gasteiger charge is -2.09. The van der Waals surface area contributed by atoms with Gasteiger partial charge in [0.15, 0.2) is 0 Å². The molecule has 0 bridgehead atoms. The second-order valence-corrected chi connectivity index (χ2v) is 5.52. The van der Waals surface area contributed by atoms with E-state index in [4.69, 9.17) is 23.2 Å². The fourth-order valence-corrected chi connectivity index (χ4v) is 2.26. The zero-order valence-corrected chi connectivity index (χ0v) is 13.8. The zero-order chi connectivity index (χ0) is 17.5. The van der Waals surface area contributed by atoms with Gasteiger partial charge in [-0.15, -0.1) is 0 Å². The van der Waals surface area contributed by atoms with Crippen molar-refractivity contribution in [1.82, 2.24) is 16.2 Å². The maximum atomic E-state index is 11.9. The number of benzene rings is 2. The van der Waals surface area contributed by atoms with Crippen molar-refractivity contribution in [1.29, 1.82) is 0 Å². The molecule has 2 rings (SSSR count). The van der Waals surface area contributed by atoms with E-state index in [1.165, 1.54) is 18.2 Å². The molecule has 0 aromatic heterocycles. The van der Waals surface area contributed by atoms with Gasteiger partial charge < -0.3 is 5.32 Å². The Hall–Kier alpha value is -2.57. The van der Waals surface area contributed by atoms with Gasteiger partial charge in [0, 0.05) is 10.6 Å². The van der Waals surface area contributed by atoms with Crippen LogP contribution in [0.25, 0.3) is 0 Å². The van der Waals surface area contributed by atoms with Crippen LogP contribution in [0.4, 0.5) is 0 Å². The molecule has 3 amide bonds. The fourth-order valence-electron chi connectivity index (χ4n) is 1.76. The average molecular weight is 366 g/mol. The van der Waals surface area contributed by atoms with Crippen molar-refractivity contribution in [3.8, 4) is 0 Å². The predicted molar refractivity (Wildman–Crippen MR) is 90.8 cm³/mol. The number of hydrogen-bond donors (Lipinski definition) is 3. The first-order valence-corrected chi connectivity index (χ1v) is 7.60. The Bertz CT molecular complexity index is 766. The van der Waals surface area contributed by atoms with Gasteiger partial charge in [-0.05, 0) is 30.3 Å². The van der Waals surface area contributed by atoms with E-state index in [9.17, 15) is 14.4 Å². The van der Waals surface area contributed by atoms with Gasteiger partial charge in [0.05, 0.1) is 17.1 Å². The lowest BCUT2D eigenvalue weighted by molar-refractivity contribution is -0.120. The number of amides is 3. The van der Waals surface area contributed by atoms with Crippen LogP contribution in [0, 0.1) is 0 Å². The molecule has 0 saturated carbocycles. The number of carbonyl (C=O) groups is 3. The van der Waals surface area contributed by atoms with E-state index in [0.29, 0.717) is 10.6 Å². The van der Waals surface area contributed by atoms with Gasteiger partial charge in [0.1, 0.15) is 0 Å². The summed E-state index contributed by atoms with van der Waals surface area (Å²) in [5.41, 5.74) is 5.05. The monoisotopic (exact) mass is 365 g/mol. The van der Waals surface area contributed by atoms with E-state index in [-0.39, 0.29) is 17.1 Å². The van der Waals surface area contributed by atoms with Crippen LogP contribution >= 0.6 is 23.2 Å². The van der Waals surface area contributed by atoms with Gasteiger partial charge in [-0.3, -0.25) is 25.2 Å². The number of hydrogen-bond acceptors (Lipinski definition) is 3. The first-order valence-electron chi connectivity index (χ1n) is 6.85. The Morgan fingerprint density at radius 2 is 1.58 bits per heavy atom. The summed E-state index contributed by atoms with van der Waals surface area (Å²) in [6.07, 6.45) is 0. The Balaban J connectivity index is 1.80. The van der Waals surface area contributed by atoms with Crippen LogP contribution in [-0.2, 0) is 4.79 Å². The molecule has 0 aliphatic carbocycles. The van der Waals surface area contributed by atoms with Crippen molar-refractivity contribution in [2.24, 2.45) is 0 Å². The fraction of sp³-hybridized carbons (Fsp3) is 0.0625. The highest BCUT2D eigenvalue weighted by molar-refractivity contribution is 6.36. The summed E-state index contributed by atoms with van der Waals surface area (Å²) in [6.45, 7) is -0.327. The Kier molecular flexibility index (Phi) is 6.17. The maximum absolute atomic E-state index is 11.9. The Labute approximate surface area is 148 Å². The number of hydrazine groups is 1. The second-order valence-electron chi connectivity index (χ2n) is 4.68. The smallest absolute Gasteiger partial charge is 0.269 e. The molecule has 3 N–H and O–H groups in total. The third-order valence-electron chi connectivity index (χ3n) is 2.94. The molecule has 24 heavy (non-hydrogen) atoms. The highest BCUT2D eigenvalue weighted by Gasteiger charge is 2.12. The molecular formula is C16H13Cl2N3O3. The summed E-state index contributed by atoms with van der Waals surface area (Å²) in [7, 11) is 0. The number of rotatable bonds is 4. The lowest BCUT2D eigenvalue weighted by Crippen LogP contribution is -2.46. The molecule has 0 spiro atoms. The summed E-state index contributed by atoms with van der Waals surface area (Å²) < 4.78 is 0. The summed E-state index contributed by atoms with van der Waals surface area (Å²) in [4.78, 5) is 35.3. The molecule has 0 aliphatic rings. The topological polar surface area (TPSA) is 87.3 Å². The SMILES string of the molecule is O=C(CNC(=O)c1ccc(Cl)cc1Cl)NNC(=O)c1ccccc1. The van der Waals surface area contributed by atoms with E-state index in [2.05, 4.69) is 16.2 Å². The minimum atomic E-state index is -0.585. The van der Waals surface area contributed by atoms with Gasteiger partial charge in [-0.1, -0.05) is 41.4 Å². The predicted octanol–water partition coefficient (Wildman–Crippen LogP) is 2.18. The maximum Gasteiger partial charge on any atom is 0.269 e. The second kappa shape index (κ2) is 8.33. The summed E-state index contributed by atoms with van der Waals surface area (Å²) in [6, 6.07) is 12.8. The van der Waals surface area contributed by atoms with Crippen molar-refractivity contribution < 1.29 is 14.4 Å². The van der Waals surface area contributed by atoms with Crippen molar-refractivity contribution in [2.75, 3.05) is 6.54 Å². The number of nitrogens with one attached hydrogen (secondary N) is 3. The van der Waals surface area contributed by atoms with Crippen LogP contribution in [0.3, 0.4) is 0 Å². The lowest BCUT2D eigenvalue weighted by atomic mass is 10.2. The van der Waals surface area contributed by atoms with Gasteiger partial charge in [0.25, 0.3) is 17.7 Å². The normalized spacial score (nSPS) is 9.92. The van der Waals surface area contributed by atoms with E-state index >= 15 is 0 Å². The van der Waals surface area contributed by atoms with Gasteiger partial charge >= 0.3 is 0 Å². The summed E-state index contributed by atoms with van der Waals surface area (Å²) in [5.74, 6) is -1.57. The third-order valence-corrected chi connectivity index (χ3v) is 3.48. The van der Waals surface area contributed by atoms with Crippen molar-refractivity contribution in [3.05, 3.63) is 69.7 Å². The molecule has 2 aromatic rings. The summed E-state index contributed by atoms with van der Waals surface area (Å²) >= 11 is 11.7. The van der Waals surface area contributed by atoms with E-state index < -0.39 is 17.7 Å². The van der Waals surface area contributed by atoms with Crippen LogP contribution in [-0.4, -0.2) is 24.3 Å². The molecule has 0 fully saturated rings. The molecule has 8 heteroatoms. The largest absolute Gasteiger partial charge is 0.343 e. The first kappa shape index (κ1) is 17.8. The van der Waals surface area contributed by atoms with E-state index in [0.717, 1.165) is 0 Å². The van der Waals surface area contributed by atoms with Crippen LogP contribution in [0.2, 0.25) is 10.0 Å². The number of carbonyl (C=O) groups excluding carboxylic acids is 3. The van der Waals surface area contributed by atoms with Crippen LogP contribution in [0.1, 0.15) is 20.7 Å². The molecule has 124 valence electrons. The molecule has 0 unspecified atom stereocenters. The molecule has 0 saturated heterocycles. The highest BCUT2D eigenvalue weighted by Crippen LogP contribution is 2.20. The van der Waals surface area contributed by atoms with Gasteiger partial charge in [-0.2, -0.15) is 0 Å². The Morgan fingerprint density at radius 1 is 0.875 bits per heavy atom. The third kappa shape index (κ3) is 4.97. The standard InChI is InChI=1S/C16H13Cl2N3O3/c17-11-6-7-12(13(18)8-11)16(24)19-9-14(22)20-21-15(23)10-4-2-1-3-5-10/h1-8H,9H2,(H,19,24)(H,20,22)(H,21,23). The summed E-state index contributed by atoms with van der Waals surface area (Å²) in [5, 5.41) is 2.97. The minimum Gasteiger partial charge on any atom is -0.343 e. The minimum absolute atomic E-state index is 0.179. The van der Waals surface area contributed by atoms with Crippen LogP contribution < -0.4 is 16.2 Å². The highest BCUT2D eigenvalue weighted by atomic mass is 35.5. The van der Waals surface area contributed by atoms with Crippen molar-refractivity contribution in [3.63, 3.8) is 0 Å². The number of halogens is 2. The molecule has 6 nitrogen and oxygen atoms in total. The van der Waals surface area contributed by atoms with Crippen molar-refractivity contribution in [2.45, 2.75) is 0 Å². The average Bonchev–Trinajstić information content (AvgIpc) is 2.58. The Morgan fingerprint density at radius 3 is 2.25 bits per heavy atom. The quantitative estimate of drug-likeness (QED) is 0.725. The van der Waals surface area contributed by atoms with E-state index in [1.807, 2.05) is 0 Å². The molecule has 0 radical (unpaired) electrons. The van der Waals surface area contributed by atoms with E-state index in [1.54, 1.807) is 30.3 Å². The molecule has 0 heterocycles. The van der Waals surface area contributed by atoms with Crippen molar-refractivity contribution >= 4 is 40.9 Å². The van der Waals surface area contributed by atoms with Gasteiger partial charge in [-0.25, -0.2) is 0 Å². The molecular weight excluding hydrogens is 353 g/mol. The van der Waals surface area contributed by atoms with Crippen LogP contribution in [0.5, 0.6) is 0 Å².